The van der Waals surface area contributed by atoms with Gasteiger partial charge in [-0.2, -0.15) is 0 Å². The summed E-state index contributed by atoms with van der Waals surface area (Å²) in [6.07, 6.45) is 6.06. The number of ether oxygens (including phenoxy) is 1. The van der Waals surface area contributed by atoms with Crippen LogP contribution in [0, 0.1) is 11.3 Å². The van der Waals surface area contributed by atoms with Gasteiger partial charge in [0.2, 0.25) is 0 Å². The van der Waals surface area contributed by atoms with E-state index in [2.05, 4.69) is 13.8 Å². The molecule has 0 aromatic rings. The summed E-state index contributed by atoms with van der Waals surface area (Å²) >= 11 is 0. The van der Waals surface area contributed by atoms with E-state index in [-0.39, 0.29) is 0 Å². The lowest BCUT2D eigenvalue weighted by atomic mass is 9.94. The van der Waals surface area contributed by atoms with Crippen LogP contribution in [0.2, 0.25) is 0 Å². The summed E-state index contributed by atoms with van der Waals surface area (Å²) in [6.45, 7) is 5.62. The van der Waals surface area contributed by atoms with Crippen LogP contribution in [0.5, 0.6) is 0 Å². The van der Waals surface area contributed by atoms with Crippen LogP contribution in [-0.4, -0.2) is 12.7 Å². The Bertz CT molecular complexity index is 149. The lowest BCUT2D eigenvalue weighted by Gasteiger charge is -2.15. The maximum absolute atomic E-state index is 5.78. The largest absolute Gasteiger partial charge is 0.377 e. The van der Waals surface area contributed by atoms with Gasteiger partial charge in [-0.25, -0.2) is 0 Å². The van der Waals surface area contributed by atoms with E-state index in [9.17, 15) is 0 Å². The number of hydrogen-bond donors (Lipinski definition) is 0. The predicted molar refractivity (Wildman–Crippen MR) is 45.5 cm³/mol. The Balaban J connectivity index is 1.88. The lowest BCUT2D eigenvalue weighted by Crippen LogP contribution is -2.15. The SMILES string of the molecule is CCC(C)C1CC2(CC2)CO1. The Morgan fingerprint density at radius 3 is 2.73 bits per heavy atom. The van der Waals surface area contributed by atoms with Gasteiger partial charge in [0.1, 0.15) is 0 Å². The lowest BCUT2D eigenvalue weighted by molar-refractivity contribution is 0.0650. The highest BCUT2D eigenvalue weighted by molar-refractivity contribution is 4.99. The van der Waals surface area contributed by atoms with Crippen molar-refractivity contribution in [2.45, 2.75) is 45.6 Å². The second-order valence-electron chi connectivity index (χ2n) is 4.44. The van der Waals surface area contributed by atoms with Crippen molar-refractivity contribution in [2.75, 3.05) is 6.61 Å². The van der Waals surface area contributed by atoms with E-state index in [4.69, 9.17) is 4.74 Å². The van der Waals surface area contributed by atoms with Gasteiger partial charge in [-0.15, -0.1) is 0 Å². The zero-order valence-corrected chi connectivity index (χ0v) is 7.60. The van der Waals surface area contributed by atoms with Crippen molar-refractivity contribution in [3.8, 4) is 0 Å². The molecule has 1 heterocycles. The van der Waals surface area contributed by atoms with Gasteiger partial charge >= 0.3 is 0 Å². The van der Waals surface area contributed by atoms with Gasteiger partial charge in [-0.05, 0) is 30.6 Å². The van der Waals surface area contributed by atoms with Crippen LogP contribution < -0.4 is 0 Å². The van der Waals surface area contributed by atoms with E-state index in [1.54, 1.807) is 0 Å². The molecule has 1 saturated carbocycles. The molecule has 1 spiro atoms. The second-order valence-corrected chi connectivity index (χ2v) is 4.44. The highest BCUT2D eigenvalue weighted by atomic mass is 16.5. The van der Waals surface area contributed by atoms with Crippen molar-refractivity contribution < 1.29 is 4.74 Å². The van der Waals surface area contributed by atoms with Crippen molar-refractivity contribution in [1.82, 2.24) is 0 Å². The van der Waals surface area contributed by atoms with E-state index in [1.165, 1.54) is 25.7 Å². The van der Waals surface area contributed by atoms with Gasteiger partial charge in [0.25, 0.3) is 0 Å². The summed E-state index contributed by atoms with van der Waals surface area (Å²) < 4.78 is 5.78. The van der Waals surface area contributed by atoms with Crippen LogP contribution in [0.4, 0.5) is 0 Å². The topological polar surface area (TPSA) is 9.23 Å². The molecule has 2 unspecified atom stereocenters. The maximum atomic E-state index is 5.78. The van der Waals surface area contributed by atoms with Crippen LogP contribution in [0.15, 0.2) is 0 Å². The Labute approximate surface area is 69.1 Å². The predicted octanol–water partition coefficient (Wildman–Crippen LogP) is 2.60. The molecule has 11 heavy (non-hydrogen) atoms. The molecule has 1 nitrogen and oxygen atoms in total. The summed E-state index contributed by atoms with van der Waals surface area (Å²) in [5, 5.41) is 0. The maximum Gasteiger partial charge on any atom is 0.0606 e. The monoisotopic (exact) mass is 154 g/mol. The molecule has 0 aromatic heterocycles. The summed E-state index contributed by atoms with van der Waals surface area (Å²) in [6, 6.07) is 0. The van der Waals surface area contributed by atoms with Crippen LogP contribution >= 0.6 is 0 Å². The average molecular weight is 154 g/mol. The number of hydrogen-bond acceptors (Lipinski definition) is 1. The molecule has 2 fully saturated rings. The van der Waals surface area contributed by atoms with Crippen LogP contribution in [-0.2, 0) is 4.74 Å². The van der Waals surface area contributed by atoms with Gasteiger partial charge < -0.3 is 4.74 Å². The molecule has 1 heteroatoms. The zero-order chi connectivity index (χ0) is 7.90. The first-order valence-corrected chi connectivity index (χ1v) is 4.87. The minimum absolute atomic E-state index is 0.586. The zero-order valence-electron chi connectivity index (χ0n) is 7.60. The third-order valence-electron chi connectivity index (χ3n) is 3.47. The molecule has 0 N–H and O–H groups in total. The molecule has 2 aliphatic rings. The second kappa shape index (κ2) is 2.48. The summed E-state index contributed by atoms with van der Waals surface area (Å²) in [5.41, 5.74) is 0.675. The molecular weight excluding hydrogens is 136 g/mol. The molecular formula is C10H18O. The van der Waals surface area contributed by atoms with Crippen LogP contribution in [0.1, 0.15) is 39.5 Å². The fourth-order valence-electron chi connectivity index (χ4n) is 1.98. The van der Waals surface area contributed by atoms with E-state index in [1.807, 2.05) is 0 Å². The molecule has 0 aromatic carbocycles. The third kappa shape index (κ3) is 1.31. The molecule has 0 amide bonds. The van der Waals surface area contributed by atoms with Crippen molar-refractivity contribution >= 4 is 0 Å². The van der Waals surface area contributed by atoms with Gasteiger partial charge in [0, 0.05) is 0 Å². The fraction of sp³-hybridized carbons (Fsp3) is 1.00. The van der Waals surface area contributed by atoms with E-state index >= 15 is 0 Å². The van der Waals surface area contributed by atoms with E-state index in [0.29, 0.717) is 11.5 Å². The quantitative estimate of drug-likeness (QED) is 0.594. The first-order valence-electron chi connectivity index (χ1n) is 4.87. The fourth-order valence-corrected chi connectivity index (χ4v) is 1.98. The molecule has 2 rings (SSSR count). The molecule has 1 aliphatic carbocycles. The smallest absolute Gasteiger partial charge is 0.0606 e. The van der Waals surface area contributed by atoms with E-state index < -0.39 is 0 Å². The molecule has 1 aliphatic heterocycles. The summed E-state index contributed by atoms with van der Waals surface area (Å²) in [7, 11) is 0. The molecule has 1 saturated heterocycles. The molecule has 0 radical (unpaired) electrons. The van der Waals surface area contributed by atoms with Gasteiger partial charge in [-0.3, -0.25) is 0 Å². The van der Waals surface area contributed by atoms with Gasteiger partial charge in [-0.1, -0.05) is 20.3 Å². The van der Waals surface area contributed by atoms with Crippen LogP contribution in [0.25, 0.3) is 0 Å². The van der Waals surface area contributed by atoms with Gasteiger partial charge in [0.15, 0.2) is 0 Å². The first kappa shape index (κ1) is 7.60. The normalized spacial score (nSPS) is 36.0. The van der Waals surface area contributed by atoms with Crippen molar-refractivity contribution in [2.24, 2.45) is 11.3 Å². The minimum Gasteiger partial charge on any atom is -0.377 e. The Hall–Kier alpha value is -0.0400. The standard InChI is InChI=1S/C10H18O/c1-3-8(2)9-6-10(4-5-10)7-11-9/h8-9H,3-7H2,1-2H3. The highest BCUT2D eigenvalue weighted by Gasteiger charge is 2.50. The summed E-state index contributed by atoms with van der Waals surface area (Å²) in [4.78, 5) is 0. The van der Waals surface area contributed by atoms with Crippen molar-refractivity contribution in [3.63, 3.8) is 0 Å². The number of rotatable bonds is 2. The Morgan fingerprint density at radius 2 is 2.27 bits per heavy atom. The summed E-state index contributed by atoms with van der Waals surface area (Å²) in [5.74, 6) is 0.773. The third-order valence-corrected chi connectivity index (χ3v) is 3.47. The minimum atomic E-state index is 0.586. The molecule has 2 atom stereocenters. The Kier molecular flexibility index (Phi) is 1.71. The molecule has 64 valence electrons. The van der Waals surface area contributed by atoms with Crippen molar-refractivity contribution in [1.29, 1.82) is 0 Å². The van der Waals surface area contributed by atoms with Crippen molar-refractivity contribution in [3.05, 3.63) is 0 Å². The van der Waals surface area contributed by atoms with Gasteiger partial charge in [0.05, 0.1) is 12.7 Å². The highest BCUT2D eigenvalue weighted by Crippen LogP contribution is 2.54. The Morgan fingerprint density at radius 1 is 1.55 bits per heavy atom. The first-order chi connectivity index (χ1) is 5.26. The average Bonchev–Trinajstić information content (AvgIpc) is 2.61. The van der Waals surface area contributed by atoms with Crippen LogP contribution in [0.3, 0.4) is 0 Å². The van der Waals surface area contributed by atoms with E-state index in [0.717, 1.165) is 12.5 Å². The molecule has 0 bridgehead atoms.